The number of rotatable bonds is 9. The Balaban J connectivity index is 1.47. The topological polar surface area (TPSA) is 74.6 Å². The third-order valence-corrected chi connectivity index (χ3v) is 8.45. The zero-order valence-corrected chi connectivity index (χ0v) is 26.3. The van der Waals surface area contributed by atoms with Crippen LogP contribution in [0.15, 0.2) is 52.9 Å². The highest BCUT2D eigenvalue weighted by atomic mass is 16.3. The molecule has 1 aromatic heterocycles. The second kappa shape index (κ2) is 11.5. The second-order valence-electron chi connectivity index (χ2n) is 14.1. The molecule has 41 heavy (non-hydrogen) atoms. The molecule has 4 rings (SSSR count). The lowest BCUT2D eigenvalue weighted by molar-refractivity contribution is 0.0930. The number of aryl methyl sites for hydroxylation is 1. The summed E-state index contributed by atoms with van der Waals surface area (Å²) in [6.45, 7) is 17.1. The molecule has 1 aliphatic carbocycles. The highest BCUT2D eigenvalue weighted by Crippen LogP contribution is 2.46. The van der Waals surface area contributed by atoms with E-state index in [0.29, 0.717) is 24.2 Å². The summed E-state index contributed by atoms with van der Waals surface area (Å²) in [5.74, 6) is 0.357. The average molecular weight is 558 g/mol. The van der Waals surface area contributed by atoms with Crippen molar-refractivity contribution in [3.05, 3.63) is 87.9 Å². The van der Waals surface area contributed by atoms with E-state index in [1.807, 2.05) is 20.2 Å². The Kier molecular flexibility index (Phi) is 8.56. The first kappa shape index (κ1) is 30.6. The van der Waals surface area contributed by atoms with Crippen LogP contribution in [0.25, 0.3) is 0 Å². The van der Waals surface area contributed by atoms with Crippen molar-refractivity contribution in [1.82, 2.24) is 10.2 Å². The average Bonchev–Trinajstić information content (AvgIpc) is 3.35. The summed E-state index contributed by atoms with van der Waals surface area (Å²) in [4.78, 5) is 28.3. The maximum absolute atomic E-state index is 13.2. The molecule has 0 unspecified atom stereocenters. The van der Waals surface area contributed by atoms with Gasteiger partial charge in [0.25, 0.3) is 11.8 Å². The number of amides is 2. The van der Waals surface area contributed by atoms with Crippen LogP contribution in [-0.2, 0) is 17.3 Å². The molecule has 0 spiro atoms. The van der Waals surface area contributed by atoms with Gasteiger partial charge in [0, 0.05) is 19.5 Å². The number of anilines is 1. The number of para-hydroxylation sites is 1. The van der Waals surface area contributed by atoms with Crippen molar-refractivity contribution >= 4 is 17.5 Å². The monoisotopic (exact) mass is 557 g/mol. The lowest BCUT2D eigenvalue weighted by Crippen LogP contribution is -2.40. The Morgan fingerprint density at radius 1 is 0.927 bits per heavy atom. The van der Waals surface area contributed by atoms with Crippen LogP contribution in [0.2, 0.25) is 0 Å². The van der Waals surface area contributed by atoms with Gasteiger partial charge in [0.1, 0.15) is 5.76 Å². The van der Waals surface area contributed by atoms with Crippen LogP contribution in [0.5, 0.6) is 0 Å². The Hall–Kier alpha value is -3.38. The fraction of sp³-hybridized carbons (Fsp3) is 0.486. The lowest BCUT2D eigenvalue weighted by Gasteiger charge is -2.42. The van der Waals surface area contributed by atoms with Gasteiger partial charge in [0.05, 0.1) is 11.3 Å². The van der Waals surface area contributed by atoms with Gasteiger partial charge in [-0.1, -0.05) is 65.8 Å². The van der Waals surface area contributed by atoms with E-state index in [0.717, 1.165) is 18.7 Å². The summed E-state index contributed by atoms with van der Waals surface area (Å²) in [7, 11) is 4.04. The Labute approximate surface area is 245 Å². The van der Waals surface area contributed by atoms with Crippen LogP contribution in [0.4, 0.5) is 5.69 Å². The SMILES string of the molecule is Cc1cc2c(cc1Cc1ccc(C(=O)Nc3ccccc3C(=O)NCC(C)(C)CN(C)C)o1)C(C)(C)CCC2(C)C. The van der Waals surface area contributed by atoms with Crippen molar-refractivity contribution in [3.63, 3.8) is 0 Å². The molecule has 2 aromatic carbocycles. The molecule has 1 aliphatic rings. The van der Waals surface area contributed by atoms with Crippen LogP contribution >= 0.6 is 0 Å². The predicted molar refractivity (Wildman–Crippen MR) is 167 cm³/mol. The van der Waals surface area contributed by atoms with E-state index in [4.69, 9.17) is 4.42 Å². The highest BCUT2D eigenvalue weighted by molar-refractivity contribution is 6.07. The summed E-state index contributed by atoms with van der Waals surface area (Å²) in [5, 5.41) is 5.91. The summed E-state index contributed by atoms with van der Waals surface area (Å²) in [5.41, 5.74) is 6.39. The van der Waals surface area contributed by atoms with Crippen LogP contribution in [0.3, 0.4) is 0 Å². The fourth-order valence-corrected chi connectivity index (χ4v) is 6.04. The Morgan fingerprint density at radius 2 is 1.56 bits per heavy atom. The molecule has 0 saturated heterocycles. The molecule has 2 N–H and O–H groups in total. The third kappa shape index (κ3) is 7.10. The number of carbonyl (C=O) groups is 2. The van der Waals surface area contributed by atoms with Gasteiger partial charge in [-0.3, -0.25) is 9.59 Å². The maximum Gasteiger partial charge on any atom is 0.291 e. The molecule has 220 valence electrons. The molecule has 0 atom stereocenters. The van der Waals surface area contributed by atoms with E-state index >= 15 is 0 Å². The summed E-state index contributed by atoms with van der Waals surface area (Å²) in [6, 6.07) is 15.3. The molecular weight excluding hydrogens is 510 g/mol. The molecule has 3 aromatic rings. The Morgan fingerprint density at radius 3 is 2.22 bits per heavy atom. The normalized spacial score (nSPS) is 15.9. The van der Waals surface area contributed by atoms with Crippen LogP contribution in [0.1, 0.15) is 103 Å². The first-order valence-corrected chi connectivity index (χ1v) is 14.6. The van der Waals surface area contributed by atoms with Crippen molar-refractivity contribution in [2.24, 2.45) is 5.41 Å². The van der Waals surface area contributed by atoms with Crippen molar-refractivity contribution in [2.45, 2.75) is 78.6 Å². The van der Waals surface area contributed by atoms with E-state index < -0.39 is 0 Å². The molecule has 0 saturated carbocycles. The first-order valence-electron chi connectivity index (χ1n) is 14.6. The second-order valence-corrected chi connectivity index (χ2v) is 14.1. The third-order valence-electron chi connectivity index (χ3n) is 8.45. The minimum Gasteiger partial charge on any atom is -0.456 e. The molecule has 0 aliphatic heterocycles. The smallest absolute Gasteiger partial charge is 0.291 e. The van der Waals surface area contributed by atoms with Crippen molar-refractivity contribution in [3.8, 4) is 0 Å². The largest absolute Gasteiger partial charge is 0.456 e. The van der Waals surface area contributed by atoms with Gasteiger partial charge in [-0.15, -0.1) is 0 Å². The van der Waals surface area contributed by atoms with E-state index in [1.165, 1.54) is 28.7 Å². The first-order chi connectivity index (χ1) is 19.1. The number of hydrogen-bond donors (Lipinski definition) is 2. The van der Waals surface area contributed by atoms with Gasteiger partial charge in [-0.05, 0) is 96.6 Å². The number of nitrogens with zero attached hydrogens (tertiary/aromatic N) is 1. The predicted octanol–water partition coefficient (Wildman–Crippen LogP) is 7.10. The fourth-order valence-electron chi connectivity index (χ4n) is 6.04. The minimum atomic E-state index is -0.380. The molecule has 0 fully saturated rings. The minimum absolute atomic E-state index is 0.0930. The highest BCUT2D eigenvalue weighted by Gasteiger charge is 2.37. The standard InChI is InChI=1S/C35H47N3O3/c1-23-18-27-28(35(6,7)17-16-34(27,4)5)20-24(23)19-25-14-15-30(41-25)32(40)37-29-13-11-10-12-26(29)31(39)36-21-33(2,3)22-38(8)9/h10-15,18,20H,16-17,19,21-22H2,1-9H3,(H,36,39)(H,37,40). The van der Waals surface area contributed by atoms with Gasteiger partial charge in [0.15, 0.2) is 5.76 Å². The van der Waals surface area contributed by atoms with E-state index in [9.17, 15) is 9.59 Å². The molecular formula is C35H47N3O3. The molecule has 2 amide bonds. The van der Waals surface area contributed by atoms with Crippen molar-refractivity contribution in [1.29, 1.82) is 0 Å². The van der Waals surface area contributed by atoms with E-state index in [1.54, 1.807) is 30.3 Å². The quantitative estimate of drug-likeness (QED) is 0.294. The van der Waals surface area contributed by atoms with Gasteiger partial charge in [-0.2, -0.15) is 0 Å². The van der Waals surface area contributed by atoms with Crippen molar-refractivity contribution < 1.29 is 14.0 Å². The number of fused-ring (bicyclic) bond motifs is 1. The lowest BCUT2D eigenvalue weighted by atomic mass is 9.62. The molecule has 6 heteroatoms. The number of benzene rings is 2. The van der Waals surface area contributed by atoms with Crippen LogP contribution in [-0.4, -0.2) is 43.9 Å². The Bertz CT molecular complexity index is 1430. The zero-order valence-electron chi connectivity index (χ0n) is 26.3. The van der Waals surface area contributed by atoms with Gasteiger partial charge >= 0.3 is 0 Å². The molecule has 0 bridgehead atoms. The number of furan rings is 1. The number of carbonyl (C=O) groups excluding carboxylic acids is 2. The van der Waals surface area contributed by atoms with Crippen molar-refractivity contribution in [2.75, 3.05) is 32.5 Å². The molecule has 0 radical (unpaired) electrons. The van der Waals surface area contributed by atoms with E-state index in [-0.39, 0.29) is 33.8 Å². The maximum atomic E-state index is 13.2. The van der Waals surface area contributed by atoms with Gasteiger partial charge < -0.3 is 20.0 Å². The zero-order chi connectivity index (χ0) is 30.2. The number of hydrogen-bond acceptors (Lipinski definition) is 4. The number of nitrogens with one attached hydrogen (secondary N) is 2. The van der Waals surface area contributed by atoms with Crippen LogP contribution in [0, 0.1) is 12.3 Å². The summed E-state index contributed by atoms with van der Waals surface area (Å²) >= 11 is 0. The van der Waals surface area contributed by atoms with Gasteiger partial charge in [0.2, 0.25) is 0 Å². The molecule has 6 nitrogen and oxygen atoms in total. The van der Waals surface area contributed by atoms with Crippen LogP contribution < -0.4 is 10.6 Å². The summed E-state index contributed by atoms with van der Waals surface area (Å²) in [6.07, 6.45) is 2.96. The summed E-state index contributed by atoms with van der Waals surface area (Å²) < 4.78 is 6.03. The molecule has 1 heterocycles. The van der Waals surface area contributed by atoms with E-state index in [2.05, 4.69) is 76.1 Å². The van der Waals surface area contributed by atoms with Gasteiger partial charge in [-0.25, -0.2) is 0 Å².